The van der Waals surface area contributed by atoms with Gasteiger partial charge in [0.05, 0.1) is 11.4 Å². The van der Waals surface area contributed by atoms with Gasteiger partial charge in [0.1, 0.15) is 6.33 Å². The molecule has 1 saturated carbocycles. The van der Waals surface area contributed by atoms with Crippen LogP contribution in [0, 0.1) is 18.8 Å². The maximum Gasteiger partial charge on any atom is 0.230 e. The molecule has 0 radical (unpaired) electrons. The van der Waals surface area contributed by atoms with Crippen LogP contribution in [0.1, 0.15) is 38.7 Å². The normalized spacial score (nSPS) is 23.4. The lowest BCUT2D eigenvalue weighted by atomic mass is 9.78. The number of hydrogen-bond donors (Lipinski definition) is 1. The minimum Gasteiger partial charge on any atom is -0.352 e. The first-order valence-corrected chi connectivity index (χ1v) is 9.93. The van der Waals surface area contributed by atoms with Gasteiger partial charge in [-0.15, -0.1) is 10.2 Å². The highest BCUT2D eigenvalue weighted by Crippen LogP contribution is 2.29. The Bertz CT molecular complexity index is 730. The second-order valence-electron chi connectivity index (χ2n) is 7.00. The third kappa shape index (κ3) is 4.24. The summed E-state index contributed by atoms with van der Waals surface area (Å²) in [6.45, 7) is 6.58. The van der Waals surface area contributed by atoms with Crippen molar-refractivity contribution in [2.24, 2.45) is 11.8 Å². The van der Waals surface area contributed by atoms with Crippen molar-refractivity contribution in [2.75, 3.05) is 5.75 Å². The van der Waals surface area contributed by atoms with E-state index in [-0.39, 0.29) is 5.91 Å². The number of benzene rings is 1. The lowest BCUT2D eigenvalue weighted by Crippen LogP contribution is -2.44. The molecule has 3 rings (SSSR count). The van der Waals surface area contributed by atoms with Gasteiger partial charge in [-0.05, 0) is 36.8 Å². The first kappa shape index (κ1) is 18.0. The number of nitrogens with one attached hydrogen (secondary N) is 1. The van der Waals surface area contributed by atoms with E-state index in [4.69, 9.17) is 0 Å². The topological polar surface area (TPSA) is 59.8 Å². The molecule has 1 heterocycles. The van der Waals surface area contributed by atoms with Crippen molar-refractivity contribution < 1.29 is 4.79 Å². The molecule has 1 aliphatic rings. The van der Waals surface area contributed by atoms with Crippen LogP contribution in [-0.4, -0.2) is 32.5 Å². The SMILES string of the molecule is Cc1ccccc1-n1cnnc1SCC(=O)N[C@H]1CCC[C@@H](C)[C@H]1C. The highest BCUT2D eigenvalue weighted by Gasteiger charge is 2.28. The maximum absolute atomic E-state index is 12.4. The summed E-state index contributed by atoms with van der Waals surface area (Å²) in [7, 11) is 0. The molecular weight excluding hydrogens is 332 g/mol. The van der Waals surface area contributed by atoms with E-state index in [2.05, 4.69) is 42.4 Å². The lowest BCUT2D eigenvalue weighted by molar-refractivity contribution is -0.120. The Morgan fingerprint density at radius 1 is 1.32 bits per heavy atom. The number of aryl methyl sites for hydroxylation is 1. The average Bonchev–Trinajstić information content (AvgIpc) is 3.06. The minimum atomic E-state index is 0.0790. The summed E-state index contributed by atoms with van der Waals surface area (Å²) in [4.78, 5) is 12.4. The van der Waals surface area contributed by atoms with Gasteiger partial charge in [-0.3, -0.25) is 9.36 Å². The number of carbonyl (C=O) groups excluding carboxylic acids is 1. The van der Waals surface area contributed by atoms with Crippen LogP contribution < -0.4 is 5.32 Å². The smallest absolute Gasteiger partial charge is 0.230 e. The van der Waals surface area contributed by atoms with Crippen molar-refractivity contribution >= 4 is 17.7 Å². The van der Waals surface area contributed by atoms with Crippen molar-refractivity contribution in [1.29, 1.82) is 0 Å². The van der Waals surface area contributed by atoms with E-state index in [1.165, 1.54) is 24.6 Å². The molecule has 1 aliphatic carbocycles. The van der Waals surface area contributed by atoms with Gasteiger partial charge < -0.3 is 5.32 Å². The fourth-order valence-corrected chi connectivity index (χ4v) is 4.22. The van der Waals surface area contributed by atoms with Gasteiger partial charge in [-0.2, -0.15) is 0 Å². The molecule has 3 atom stereocenters. The van der Waals surface area contributed by atoms with Crippen LogP contribution in [0.25, 0.3) is 5.69 Å². The fraction of sp³-hybridized carbons (Fsp3) is 0.526. The van der Waals surface area contributed by atoms with Crippen LogP contribution in [0.3, 0.4) is 0 Å². The first-order chi connectivity index (χ1) is 12.1. The molecule has 1 aromatic heterocycles. The van der Waals surface area contributed by atoms with E-state index in [1.807, 2.05) is 22.8 Å². The number of rotatable bonds is 5. The molecule has 25 heavy (non-hydrogen) atoms. The second kappa shape index (κ2) is 8.04. The van der Waals surface area contributed by atoms with E-state index in [1.54, 1.807) is 6.33 Å². The van der Waals surface area contributed by atoms with Crippen molar-refractivity contribution in [3.05, 3.63) is 36.2 Å². The van der Waals surface area contributed by atoms with Crippen LogP contribution in [0.15, 0.2) is 35.7 Å². The Labute approximate surface area is 153 Å². The average molecular weight is 359 g/mol. The van der Waals surface area contributed by atoms with E-state index < -0.39 is 0 Å². The number of nitrogens with zero attached hydrogens (tertiary/aromatic N) is 3. The molecule has 1 aromatic carbocycles. The lowest BCUT2D eigenvalue weighted by Gasteiger charge is -2.34. The fourth-order valence-electron chi connectivity index (χ4n) is 3.49. The Kier molecular flexibility index (Phi) is 5.78. The Hall–Kier alpha value is -1.82. The van der Waals surface area contributed by atoms with Crippen molar-refractivity contribution in [1.82, 2.24) is 20.1 Å². The summed E-state index contributed by atoms with van der Waals surface area (Å²) < 4.78 is 1.94. The van der Waals surface area contributed by atoms with Crippen molar-refractivity contribution in [3.63, 3.8) is 0 Å². The summed E-state index contributed by atoms with van der Waals surface area (Å²) in [5.41, 5.74) is 2.20. The molecule has 5 nitrogen and oxygen atoms in total. The number of thioether (sulfide) groups is 1. The second-order valence-corrected chi connectivity index (χ2v) is 7.94. The third-order valence-corrected chi connectivity index (χ3v) is 6.22. The zero-order chi connectivity index (χ0) is 17.8. The van der Waals surface area contributed by atoms with Crippen LogP contribution in [-0.2, 0) is 4.79 Å². The number of hydrogen-bond acceptors (Lipinski definition) is 4. The van der Waals surface area contributed by atoms with E-state index in [0.717, 1.165) is 22.8 Å². The molecule has 1 N–H and O–H groups in total. The molecule has 134 valence electrons. The number of amides is 1. The number of para-hydroxylation sites is 1. The van der Waals surface area contributed by atoms with Crippen LogP contribution in [0.2, 0.25) is 0 Å². The van der Waals surface area contributed by atoms with Gasteiger partial charge in [0, 0.05) is 6.04 Å². The molecule has 6 heteroatoms. The Morgan fingerprint density at radius 3 is 2.92 bits per heavy atom. The molecule has 1 amide bonds. The molecule has 2 aromatic rings. The van der Waals surface area contributed by atoms with Gasteiger partial charge in [-0.25, -0.2) is 0 Å². The van der Waals surface area contributed by atoms with Crippen LogP contribution in [0.4, 0.5) is 0 Å². The molecule has 0 saturated heterocycles. The monoisotopic (exact) mass is 358 g/mol. The van der Waals surface area contributed by atoms with Gasteiger partial charge in [0.25, 0.3) is 0 Å². The summed E-state index contributed by atoms with van der Waals surface area (Å²) >= 11 is 1.43. The minimum absolute atomic E-state index is 0.0790. The summed E-state index contributed by atoms with van der Waals surface area (Å²) in [6, 6.07) is 8.40. The van der Waals surface area contributed by atoms with Gasteiger partial charge in [0.2, 0.25) is 5.91 Å². The molecule has 0 aliphatic heterocycles. The standard InChI is InChI=1S/C19H26N4OS/c1-13-8-6-9-16(15(13)3)21-18(24)11-25-19-22-20-12-23(19)17-10-5-4-7-14(17)2/h4-5,7,10,12-13,15-16H,6,8-9,11H2,1-3H3,(H,21,24)/t13-,15-,16+/m1/s1. The van der Waals surface area contributed by atoms with Gasteiger partial charge in [0.15, 0.2) is 5.16 Å². The predicted molar refractivity (Wildman–Crippen MR) is 101 cm³/mol. The van der Waals surface area contributed by atoms with E-state index in [0.29, 0.717) is 23.6 Å². The molecule has 0 spiro atoms. The summed E-state index contributed by atoms with van der Waals surface area (Å²) in [5.74, 6) is 1.66. The summed E-state index contributed by atoms with van der Waals surface area (Å²) in [6.07, 6.45) is 5.25. The molecule has 1 fully saturated rings. The van der Waals surface area contributed by atoms with Crippen LogP contribution in [0.5, 0.6) is 0 Å². The Morgan fingerprint density at radius 2 is 2.12 bits per heavy atom. The number of carbonyl (C=O) groups is 1. The summed E-state index contributed by atoms with van der Waals surface area (Å²) in [5, 5.41) is 12.2. The predicted octanol–water partition coefficient (Wildman–Crippen LogP) is 3.61. The van der Waals surface area contributed by atoms with E-state index >= 15 is 0 Å². The first-order valence-electron chi connectivity index (χ1n) is 8.94. The van der Waals surface area contributed by atoms with Crippen LogP contribution >= 0.6 is 11.8 Å². The van der Waals surface area contributed by atoms with Crippen molar-refractivity contribution in [3.8, 4) is 5.69 Å². The number of aromatic nitrogens is 3. The Balaban J connectivity index is 1.60. The molecular formula is C19H26N4OS. The largest absolute Gasteiger partial charge is 0.352 e. The van der Waals surface area contributed by atoms with Crippen molar-refractivity contribution in [2.45, 2.75) is 51.2 Å². The zero-order valence-electron chi connectivity index (χ0n) is 15.1. The zero-order valence-corrected chi connectivity index (χ0v) is 15.9. The maximum atomic E-state index is 12.4. The molecule has 0 unspecified atom stereocenters. The highest BCUT2D eigenvalue weighted by atomic mass is 32.2. The molecule has 0 bridgehead atoms. The van der Waals surface area contributed by atoms with E-state index in [9.17, 15) is 4.79 Å². The quantitative estimate of drug-likeness (QED) is 0.830. The van der Waals surface area contributed by atoms with Gasteiger partial charge in [-0.1, -0.05) is 56.7 Å². The highest BCUT2D eigenvalue weighted by molar-refractivity contribution is 7.99. The third-order valence-electron chi connectivity index (χ3n) is 5.28. The van der Waals surface area contributed by atoms with Gasteiger partial charge >= 0.3 is 0 Å².